The van der Waals surface area contributed by atoms with Crippen molar-refractivity contribution >= 4 is 16.7 Å². The molecule has 3 rings (SSSR count). The molecule has 0 fully saturated rings. The maximum Gasteiger partial charge on any atom is 0.137 e. The maximum atomic E-state index is 4.31. The normalized spacial score (nSPS) is 12.3. The van der Waals surface area contributed by atoms with Gasteiger partial charge in [0, 0.05) is 24.0 Å². The minimum atomic E-state index is 0.147. The predicted molar refractivity (Wildman–Crippen MR) is 73.6 cm³/mol. The zero-order valence-corrected chi connectivity index (χ0v) is 10.5. The number of fused-ring (bicyclic) bond motifs is 1. The lowest BCUT2D eigenvalue weighted by atomic mass is 10.1. The molecule has 0 radical (unpaired) electrons. The molecule has 3 aromatic heterocycles. The van der Waals surface area contributed by atoms with Gasteiger partial charge in [-0.05, 0) is 30.7 Å². The van der Waals surface area contributed by atoms with E-state index in [9.17, 15) is 0 Å². The Morgan fingerprint density at radius 1 is 1.00 bits per heavy atom. The van der Waals surface area contributed by atoms with Crippen LogP contribution in [0.5, 0.6) is 0 Å². The van der Waals surface area contributed by atoms with E-state index in [-0.39, 0.29) is 6.04 Å². The topological polar surface area (TPSA) is 63.6 Å². The molecule has 3 heterocycles. The first-order chi connectivity index (χ1) is 9.34. The lowest BCUT2D eigenvalue weighted by Crippen LogP contribution is -2.08. The van der Waals surface area contributed by atoms with Gasteiger partial charge in [0.05, 0.1) is 17.8 Å². The Balaban J connectivity index is 1.94. The monoisotopic (exact) mass is 251 g/mol. The predicted octanol–water partition coefficient (Wildman–Crippen LogP) is 2.59. The van der Waals surface area contributed by atoms with Crippen molar-refractivity contribution in [1.29, 1.82) is 0 Å². The summed E-state index contributed by atoms with van der Waals surface area (Å²) in [5.74, 6) is 0.816. The van der Waals surface area contributed by atoms with E-state index in [1.165, 1.54) is 0 Å². The molecule has 3 aromatic rings. The van der Waals surface area contributed by atoms with Crippen molar-refractivity contribution in [2.24, 2.45) is 0 Å². The molecule has 0 bridgehead atoms. The molecule has 0 aliphatic carbocycles. The molecule has 5 nitrogen and oxygen atoms in total. The van der Waals surface area contributed by atoms with Crippen LogP contribution in [0.4, 0.5) is 5.82 Å². The van der Waals surface area contributed by atoms with Crippen LogP contribution in [0.15, 0.2) is 49.3 Å². The Morgan fingerprint density at radius 2 is 1.79 bits per heavy atom. The van der Waals surface area contributed by atoms with E-state index in [0.717, 1.165) is 22.3 Å². The third kappa shape index (κ3) is 2.35. The molecule has 0 spiro atoms. The summed E-state index contributed by atoms with van der Waals surface area (Å²) in [5.41, 5.74) is 2.00. The van der Waals surface area contributed by atoms with Crippen LogP contribution < -0.4 is 5.32 Å². The van der Waals surface area contributed by atoms with Gasteiger partial charge >= 0.3 is 0 Å². The standard InChI is InChI=1S/C14H13N5/c1-10(11-2-5-15-6-3-11)19-14-12-4-7-16-8-13(12)17-9-18-14/h2-10H,1H3,(H,17,18,19). The summed E-state index contributed by atoms with van der Waals surface area (Å²) in [4.78, 5) is 16.6. The molecule has 94 valence electrons. The van der Waals surface area contributed by atoms with Gasteiger partial charge in [0.2, 0.25) is 0 Å². The molecule has 5 heteroatoms. The van der Waals surface area contributed by atoms with E-state index in [1.807, 2.05) is 18.2 Å². The first kappa shape index (κ1) is 11.5. The van der Waals surface area contributed by atoms with Crippen molar-refractivity contribution in [2.75, 3.05) is 5.32 Å². The second-order valence-corrected chi connectivity index (χ2v) is 4.26. The van der Waals surface area contributed by atoms with Crippen molar-refractivity contribution in [1.82, 2.24) is 19.9 Å². The Labute approximate surface area is 110 Å². The minimum absolute atomic E-state index is 0.147. The summed E-state index contributed by atoms with van der Waals surface area (Å²) in [5, 5.41) is 4.37. The molecular formula is C14H13N5. The van der Waals surface area contributed by atoms with Crippen LogP contribution in [-0.2, 0) is 0 Å². The molecule has 1 unspecified atom stereocenters. The maximum absolute atomic E-state index is 4.31. The van der Waals surface area contributed by atoms with Crippen LogP contribution in [0.25, 0.3) is 10.9 Å². The quantitative estimate of drug-likeness (QED) is 0.775. The highest BCUT2D eigenvalue weighted by molar-refractivity contribution is 5.88. The molecule has 0 aromatic carbocycles. The smallest absolute Gasteiger partial charge is 0.137 e. The van der Waals surface area contributed by atoms with Crippen LogP contribution in [0.2, 0.25) is 0 Å². The summed E-state index contributed by atoms with van der Waals surface area (Å²) < 4.78 is 0. The molecule has 0 saturated heterocycles. The number of rotatable bonds is 3. The van der Waals surface area contributed by atoms with Gasteiger partial charge in [0.1, 0.15) is 12.1 Å². The first-order valence-corrected chi connectivity index (χ1v) is 6.06. The molecule has 0 amide bonds. The second kappa shape index (κ2) is 4.97. The van der Waals surface area contributed by atoms with E-state index >= 15 is 0 Å². The Kier molecular flexibility index (Phi) is 3.02. The lowest BCUT2D eigenvalue weighted by Gasteiger charge is -2.15. The van der Waals surface area contributed by atoms with E-state index < -0.39 is 0 Å². The summed E-state index contributed by atoms with van der Waals surface area (Å²) in [7, 11) is 0. The fourth-order valence-corrected chi connectivity index (χ4v) is 1.96. The molecule has 0 aliphatic heterocycles. The average Bonchev–Trinajstić information content (AvgIpc) is 2.48. The molecule has 0 aliphatic rings. The van der Waals surface area contributed by atoms with Gasteiger partial charge in [-0.25, -0.2) is 9.97 Å². The van der Waals surface area contributed by atoms with Crippen molar-refractivity contribution < 1.29 is 0 Å². The summed E-state index contributed by atoms with van der Waals surface area (Å²) in [6.45, 7) is 2.09. The van der Waals surface area contributed by atoms with Gasteiger partial charge in [-0.2, -0.15) is 0 Å². The molecule has 1 atom stereocenters. The van der Waals surface area contributed by atoms with Crippen LogP contribution in [0.1, 0.15) is 18.5 Å². The van der Waals surface area contributed by atoms with Gasteiger partial charge in [-0.1, -0.05) is 0 Å². The number of pyridine rings is 2. The fraction of sp³-hybridized carbons (Fsp3) is 0.143. The van der Waals surface area contributed by atoms with Crippen molar-refractivity contribution in [2.45, 2.75) is 13.0 Å². The van der Waals surface area contributed by atoms with Crippen molar-refractivity contribution in [3.63, 3.8) is 0 Å². The van der Waals surface area contributed by atoms with Gasteiger partial charge in [-0.3, -0.25) is 9.97 Å². The Bertz CT molecular complexity index is 678. The lowest BCUT2D eigenvalue weighted by molar-refractivity contribution is 0.872. The number of hydrogen-bond donors (Lipinski definition) is 1. The van der Waals surface area contributed by atoms with E-state index in [0.29, 0.717) is 0 Å². The molecular weight excluding hydrogens is 238 g/mol. The average molecular weight is 251 g/mol. The number of nitrogens with zero attached hydrogens (tertiary/aromatic N) is 4. The number of aromatic nitrogens is 4. The van der Waals surface area contributed by atoms with Gasteiger partial charge in [-0.15, -0.1) is 0 Å². The first-order valence-electron chi connectivity index (χ1n) is 6.06. The van der Waals surface area contributed by atoms with E-state index in [4.69, 9.17) is 0 Å². The number of hydrogen-bond acceptors (Lipinski definition) is 5. The summed E-state index contributed by atoms with van der Waals surface area (Å²) in [6, 6.07) is 6.04. The highest BCUT2D eigenvalue weighted by atomic mass is 15.0. The highest BCUT2D eigenvalue weighted by Gasteiger charge is 2.08. The second-order valence-electron chi connectivity index (χ2n) is 4.26. The molecule has 1 N–H and O–H groups in total. The third-order valence-electron chi connectivity index (χ3n) is 3.00. The number of anilines is 1. The van der Waals surface area contributed by atoms with Crippen LogP contribution in [-0.4, -0.2) is 19.9 Å². The van der Waals surface area contributed by atoms with Gasteiger partial charge in [0.25, 0.3) is 0 Å². The Morgan fingerprint density at radius 3 is 2.63 bits per heavy atom. The highest BCUT2D eigenvalue weighted by Crippen LogP contribution is 2.22. The zero-order valence-electron chi connectivity index (χ0n) is 10.5. The molecule has 0 saturated carbocycles. The minimum Gasteiger partial charge on any atom is -0.363 e. The van der Waals surface area contributed by atoms with Crippen LogP contribution >= 0.6 is 0 Å². The SMILES string of the molecule is CC(Nc1ncnc2cnccc12)c1ccncc1. The van der Waals surface area contributed by atoms with E-state index in [1.54, 1.807) is 31.1 Å². The summed E-state index contributed by atoms with van der Waals surface area (Å²) in [6.07, 6.45) is 8.60. The third-order valence-corrected chi connectivity index (χ3v) is 3.00. The Hall–Kier alpha value is -2.56. The van der Waals surface area contributed by atoms with Gasteiger partial charge in [0.15, 0.2) is 0 Å². The fourth-order valence-electron chi connectivity index (χ4n) is 1.96. The summed E-state index contributed by atoms with van der Waals surface area (Å²) >= 11 is 0. The largest absolute Gasteiger partial charge is 0.363 e. The van der Waals surface area contributed by atoms with Crippen molar-refractivity contribution in [3.05, 3.63) is 54.9 Å². The number of nitrogens with one attached hydrogen (secondary N) is 1. The van der Waals surface area contributed by atoms with E-state index in [2.05, 4.69) is 32.2 Å². The van der Waals surface area contributed by atoms with Crippen LogP contribution in [0.3, 0.4) is 0 Å². The zero-order chi connectivity index (χ0) is 13.1. The molecule has 19 heavy (non-hydrogen) atoms. The van der Waals surface area contributed by atoms with Crippen molar-refractivity contribution in [3.8, 4) is 0 Å². The van der Waals surface area contributed by atoms with Crippen LogP contribution in [0, 0.1) is 0 Å². The van der Waals surface area contributed by atoms with Gasteiger partial charge < -0.3 is 5.32 Å².